The Labute approximate surface area is 192 Å². The minimum absolute atomic E-state index is 0.319. The molecule has 0 atom stereocenters. The summed E-state index contributed by atoms with van der Waals surface area (Å²) in [6.45, 7) is 1.30. The first-order chi connectivity index (χ1) is 16.2. The summed E-state index contributed by atoms with van der Waals surface area (Å²) in [5.74, 6) is 1.20. The Morgan fingerprint density at radius 1 is 1.03 bits per heavy atom. The van der Waals surface area contributed by atoms with E-state index in [1.54, 1.807) is 14.2 Å². The molecule has 0 unspecified atom stereocenters. The van der Waals surface area contributed by atoms with Crippen LogP contribution in [0.3, 0.4) is 0 Å². The summed E-state index contributed by atoms with van der Waals surface area (Å²) >= 11 is 0. The van der Waals surface area contributed by atoms with Gasteiger partial charge in [0.25, 0.3) is 0 Å². The molecule has 0 bridgehead atoms. The fraction of sp³-hybridized carbons (Fsp3) is 0.417. The number of nitrogens with one attached hydrogen (secondary N) is 1. The molecule has 172 valence electrons. The summed E-state index contributed by atoms with van der Waals surface area (Å²) < 4.78 is 18.2. The molecule has 3 heterocycles. The highest BCUT2D eigenvalue weighted by Crippen LogP contribution is 2.31. The summed E-state index contributed by atoms with van der Waals surface area (Å²) in [5, 5.41) is 9.05. The first-order valence-electron chi connectivity index (χ1n) is 11.3. The lowest BCUT2D eigenvalue weighted by atomic mass is 9.93. The lowest BCUT2D eigenvalue weighted by molar-refractivity contribution is -0.00158. The normalized spacial score (nSPS) is 18.6. The SMILES string of the molecule is COCCO[C@H]1CC[C@H](Nc2ncc3c(-c4ccc5ncnc(OC)c5c4)ccn3n2)CC1. The molecule has 1 fully saturated rings. The van der Waals surface area contributed by atoms with Crippen LogP contribution in [0.2, 0.25) is 0 Å². The first kappa shape index (κ1) is 21.5. The van der Waals surface area contributed by atoms with Crippen LogP contribution in [-0.2, 0) is 9.47 Å². The van der Waals surface area contributed by atoms with Gasteiger partial charge in [-0.2, -0.15) is 0 Å². The summed E-state index contributed by atoms with van der Waals surface area (Å²) in [4.78, 5) is 13.1. The van der Waals surface area contributed by atoms with Crippen LogP contribution in [0.15, 0.2) is 43.0 Å². The fourth-order valence-corrected chi connectivity index (χ4v) is 4.43. The van der Waals surface area contributed by atoms with Gasteiger partial charge in [0.15, 0.2) is 0 Å². The average Bonchev–Trinajstić information content (AvgIpc) is 3.28. The molecule has 1 N–H and O–H groups in total. The van der Waals surface area contributed by atoms with E-state index >= 15 is 0 Å². The van der Waals surface area contributed by atoms with E-state index in [9.17, 15) is 0 Å². The molecule has 1 aliphatic rings. The summed E-state index contributed by atoms with van der Waals surface area (Å²) in [6, 6.07) is 8.47. The smallest absolute Gasteiger partial charge is 0.241 e. The molecule has 5 rings (SSSR count). The molecule has 0 aliphatic heterocycles. The van der Waals surface area contributed by atoms with Gasteiger partial charge in [0, 0.05) is 24.9 Å². The number of hydrogen-bond donors (Lipinski definition) is 1. The Bertz CT molecular complexity index is 1240. The molecule has 9 nitrogen and oxygen atoms in total. The molecular weight excluding hydrogens is 420 g/mol. The van der Waals surface area contributed by atoms with Crippen LogP contribution in [0.5, 0.6) is 5.88 Å². The van der Waals surface area contributed by atoms with Crippen molar-refractivity contribution in [3.05, 3.63) is 43.0 Å². The monoisotopic (exact) mass is 448 g/mol. The zero-order valence-electron chi connectivity index (χ0n) is 18.9. The second kappa shape index (κ2) is 9.68. The van der Waals surface area contributed by atoms with Gasteiger partial charge in [-0.15, -0.1) is 5.10 Å². The maximum Gasteiger partial charge on any atom is 0.241 e. The summed E-state index contributed by atoms with van der Waals surface area (Å²) in [6.07, 6.45) is 9.80. The van der Waals surface area contributed by atoms with Crippen molar-refractivity contribution in [2.45, 2.75) is 37.8 Å². The lowest BCUT2D eigenvalue weighted by Gasteiger charge is -2.29. The van der Waals surface area contributed by atoms with Crippen LogP contribution in [0.1, 0.15) is 25.7 Å². The third-order valence-electron chi connectivity index (χ3n) is 6.17. The molecular formula is C24H28N6O3. The van der Waals surface area contributed by atoms with E-state index in [1.807, 2.05) is 41.2 Å². The van der Waals surface area contributed by atoms with Crippen molar-refractivity contribution in [2.24, 2.45) is 0 Å². The highest BCUT2D eigenvalue weighted by molar-refractivity contribution is 5.91. The van der Waals surface area contributed by atoms with E-state index in [1.165, 1.54) is 6.33 Å². The fourth-order valence-electron chi connectivity index (χ4n) is 4.43. The van der Waals surface area contributed by atoms with Crippen molar-refractivity contribution in [3.8, 4) is 17.0 Å². The number of fused-ring (bicyclic) bond motifs is 2. The molecule has 3 aromatic heterocycles. The van der Waals surface area contributed by atoms with Gasteiger partial charge in [-0.05, 0) is 49.4 Å². The van der Waals surface area contributed by atoms with Gasteiger partial charge < -0.3 is 19.5 Å². The third-order valence-corrected chi connectivity index (χ3v) is 6.17. The molecule has 0 spiro atoms. The van der Waals surface area contributed by atoms with E-state index in [0.29, 0.717) is 37.2 Å². The van der Waals surface area contributed by atoms with E-state index in [-0.39, 0.29) is 0 Å². The van der Waals surface area contributed by atoms with Crippen molar-refractivity contribution in [1.29, 1.82) is 0 Å². The predicted molar refractivity (Wildman–Crippen MR) is 126 cm³/mol. The zero-order valence-corrected chi connectivity index (χ0v) is 18.9. The maximum absolute atomic E-state index is 5.86. The Kier molecular flexibility index (Phi) is 6.32. The predicted octanol–water partition coefficient (Wildman–Crippen LogP) is 3.73. The number of aromatic nitrogens is 5. The molecule has 0 saturated heterocycles. The average molecular weight is 449 g/mol. The van der Waals surface area contributed by atoms with Crippen molar-refractivity contribution in [1.82, 2.24) is 24.6 Å². The Balaban J connectivity index is 1.30. The van der Waals surface area contributed by atoms with Gasteiger partial charge in [-0.3, -0.25) is 0 Å². The van der Waals surface area contributed by atoms with Crippen molar-refractivity contribution in [3.63, 3.8) is 0 Å². The lowest BCUT2D eigenvalue weighted by Crippen LogP contribution is -2.31. The van der Waals surface area contributed by atoms with Gasteiger partial charge in [0.1, 0.15) is 6.33 Å². The van der Waals surface area contributed by atoms with E-state index in [0.717, 1.165) is 53.2 Å². The summed E-state index contributed by atoms with van der Waals surface area (Å²) in [7, 11) is 3.31. The quantitative estimate of drug-likeness (QED) is 0.407. The van der Waals surface area contributed by atoms with Crippen LogP contribution in [0, 0.1) is 0 Å². The van der Waals surface area contributed by atoms with Gasteiger partial charge in [0.05, 0.1) is 49.0 Å². The highest BCUT2D eigenvalue weighted by Gasteiger charge is 2.22. The largest absolute Gasteiger partial charge is 0.480 e. The molecule has 1 aromatic carbocycles. The number of hydrogen-bond acceptors (Lipinski definition) is 8. The van der Waals surface area contributed by atoms with Gasteiger partial charge in [0.2, 0.25) is 11.8 Å². The number of benzene rings is 1. The minimum atomic E-state index is 0.319. The van der Waals surface area contributed by atoms with Crippen LogP contribution >= 0.6 is 0 Å². The van der Waals surface area contributed by atoms with Crippen LogP contribution in [0.25, 0.3) is 27.5 Å². The third kappa shape index (κ3) is 4.60. The van der Waals surface area contributed by atoms with Gasteiger partial charge >= 0.3 is 0 Å². The van der Waals surface area contributed by atoms with Crippen LogP contribution in [-0.4, -0.2) is 64.1 Å². The molecule has 0 radical (unpaired) electrons. The van der Waals surface area contributed by atoms with Crippen molar-refractivity contribution >= 4 is 22.4 Å². The van der Waals surface area contributed by atoms with E-state index < -0.39 is 0 Å². The molecule has 1 aliphatic carbocycles. The molecule has 9 heteroatoms. The number of rotatable bonds is 8. The highest BCUT2D eigenvalue weighted by atomic mass is 16.5. The second-order valence-electron chi connectivity index (χ2n) is 8.24. The maximum atomic E-state index is 5.86. The Morgan fingerprint density at radius 2 is 1.91 bits per heavy atom. The van der Waals surface area contributed by atoms with Crippen LogP contribution in [0.4, 0.5) is 5.95 Å². The minimum Gasteiger partial charge on any atom is -0.480 e. The van der Waals surface area contributed by atoms with E-state index in [4.69, 9.17) is 14.2 Å². The molecule has 33 heavy (non-hydrogen) atoms. The Hall–Kier alpha value is -3.30. The zero-order chi connectivity index (χ0) is 22.6. The van der Waals surface area contributed by atoms with Crippen molar-refractivity contribution < 1.29 is 14.2 Å². The standard InChI is InChI=1S/C24H28N6O3/c1-31-11-12-33-18-6-4-17(5-7-18)28-24-25-14-22-19(9-10-30(22)29-24)16-3-8-21-20(13-16)23(32-2)27-15-26-21/h3,8-10,13-15,17-18H,4-7,11-12H2,1-2H3,(H,28,29)/t17-,18-. The number of nitrogens with zero attached hydrogens (tertiary/aromatic N) is 5. The number of methoxy groups -OCH3 is 2. The Morgan fingerprint density at radius 3 is 2.73 bits per heavy atom. The molecule has 4 aromatic rings. The van der Waals surface area contributed by atoms with Crippen molar-refractivity contribution in [2.75, 3.05) is 32.8 Å². The number of anilines is 1. The van der Waals surface area contributed by atoms with Gasteiger partial charge in [-0.25, -0.2) is 19.5 Å². The van der Waals surface area contributed by atoms with E-state index in [2.05, 4.69) is 25.4 Å². The first-order valence-corrected chi connectivity index (χ1v) is 11.3. The number of ether oxygens (including phenoxy) is 3. The van der Waals surface area contributed by atoms with Crippen LogP contribution < -0.4 is 10.1 Å². The van der Waals surface area contributed by atoms with Gasteiger partial charge in [-0.1, -0.05) is 6.07 Å². The second-order valence-corrected chi connectivity index (χ2v) is 8.24. The molecule has 1 saturated carbocycles. The molecule has 0 amide bonds. The topological polar surface area (TPSA) is 95.7 Å². The summed E-state index contributed by atoms with van der Waals surface area (Å²) in [5.41, 5.74) is 3.86.